The van der Waals surface area contributed by atoms with Gasteiger partial charge in [-0.05, 0) is 13.3 Å². The van der Waals surface area contributed by atoms with Crippen molar-refractivity contribution in [1.82, 2.24) is 5.32 Å². The first-order valence-corrected chi connectivity index (χ1v) is 4.80. The first-order chi connectivity index (χ1) is 6.84. The summed E-state index contributed by atoms with van der Waals surface area (Å²) in [5, 5.41) is 20.0. The second-order valence-electron chi connectivity index (χ2n) is 3.58. The highest BCUT2D eigenvalue weighted by atomic mass is 16.4. The fraction of sp³-hybridized carbons (Fsp3) is 0.750. The molecule has 0 spiro atoms. The number of rotatable bonds is 6. The minimum absolute atomic E-state index is 0.0910. The molecule has 0 aliphatic carbocycles. The van der Waals surface area contributed by atoms with E-state index >= 15 is 0 Å². The van der Waals surface area contributed by atoms with E-state index < -0.39 is 30.8 Å². The predicted octanol–water partition coefficient (Wildman–Crippen LogP) is -1.16. The summed E-state index contributed by atoms with van der Waals surface area (Å²) in [5.41, 5.74) is 5.46. The van der Waals surface area contributed by atoms with E-state index in [4.69, 9.17) is 15.9 Å². The van der Waals surface area contributed by atoms with Crippen molar-refractivity contribution < 1.29 is 19.7 Å². The Balaban J connectivity index is 3.93. The zero-order valence-corrected chi connectivity index (χ0v) is 8.93. The number of hydrogen-bond donors (Lipinski definition) is 4. The highest BCUT2D eigenvalue weighted by molar-refractivity contribution is 6.50. The van der Waals surface area contributed by atoms with Gasteiger partial charge in [-0.15, -0.1) is 0 Å². The van der Waals surface area contributed by atoms with Crippen molar-refractivity contribution in [1.29, 1.82) is 0 Å². The lowest BCUT2D eigenvalue weighted by atomic mass is 9.64. The SMILES string of the molecule is CB(O)[C@H](C)NC(=O)[C@@H](N)CCC(=O)O. The van der Waals surface area contributed by atoms with Crippen LogP contribution in [-0.2, 0) is 9.59 Å². The number of aliphatic carboxylic acids is 1. The van der Waals surface area contributed by atoms with Crippen LogP contribution < -0.4 is 11.1 Å². The van der Waals surface area contributed by atoms with Gasteiger partial charge in [0, 0.05) is 12.4 Å². The lowest BCUT2D eigenvalue weighted by Crippen LogP contribution is -2.49. The van der Waals surface area contributed by atoms with Crippen LogP contribution >= 0.6 is 0 Å². The summed E-state index contributed by atoms with van der Waals surface area (Å²) in [6.45, 7) is 2.53. The van der Waals surface area contributed by atoms with Crippen molar-refractivity contribution in [3.8, 4) is 0 Å². The van der Waals surface area contributed by atoms with Crippen LogP contribution in [0.2, 0.25) is 6.82 Å². The zero-order valence-electron chi connectivity index (χ0n) is 8.93. The molecule has 0 bridgehead atoms. The molecule has 6 nitrogen and oxygen atoms in total. The highest BCUT2D eigenvalue weighted by Crippen LogP contribution is 1.96. The molecule has 2 atom stereocenters. The Morgan fingerprint density at radius 1 is 1.53 bits per heavy atom. The summed E-state index contributed by atoms with van der Waals surface area (Å²) in [6, 6.07) is -0.845. The Hall–Kier alpha value is -1.08. The highest BCUT2D eigenvalue weighted by Gasteiger charge is 2.20. The fourth-order valence-electron chi connectivity index (χ4n) is 0.862. The molecule has 15 heavy (non-hydrogen) atoms. The maximum atomic E-state index is 11.3. The largest absolute Gasteiger partial charge is 0.481 e. The van der Waals surface area contributed by atoms with Crippen LogP contribution in [0.4, 0.5) is 0 Å². The second-order valence-corrected chi connectivity index (χ2v) is 3.58. The molecule has 0 aromatic rings. The second kappa shape index (κ2) is 6.42. The number of nitrogens with one attached hydrogen (secondary N) is 1. The Bertz CT molecular complexity index is 235. The molecular weight excluding hydrogens is 199 g/mol. The van der Waals surface area contributed by atoms with E-state index in [1.54, 1.807) is 13.7 Å². The van der Waals surface area contributed by atoms with Crippen molar-refractivity contribution >= 4 is 18.8 Å². The minimum Gasteiger partial charge on any atom is -0.481 e. The zero-order chi connectivity index (χ0) is 12.0. The molecule has 0 saturated heterocycles. The summed E-state index contributed by atoms with van der Waals surface area (Å²) in [7, 11) is 0. The van der Waals surface area contributed by atoms with Crippen LogP contribution in [0, 0.1) is 0 Å². The lowest BCUT2D eigenvalue weighted by Gasteiger charge is -2.17. The lowest BCUT2D eigenvalue weighted by molar-refractivity contribution is -0.137. The van der Waals surface area contributed by atoms with E-state index in [1.165, 1.54) is 0 Å². The van der Waals surface area contributed by atoms with Gasteiger partial charge in [-0.3, -0.25) is 9.59 Å². The quantitative estimate of drug-likeness (QED) is 0.418. The minimum atomic E-state index is -0.984. The van der Waals surface area contributed by atoms with E-state index in [2.05, 4.69) is 5.32 Å². The molecule has 5 N–H and O–H groups in total. The Morgan fingerprint density at radius 3 is 2.47 bits per heavy atom. The van der Waals surface area contributed by atoms with Gasteiger partial charge in [0.05, 0.1) is 6.04 Å². The van der Waals surface area contributed by atoms with E-state index in [0.29, 0.717) is 0 Å². The van der Waals surface area contributed by atoms with Crippen molar-refractivity contribution in [3.63, 3.8) is 0 Å². The Labute approximate surface area is 89.0 Å². The number of carboxylic acids is 1. The van der Waals surface area contributed by atoms with Gasteiger partial charge in [-0.25, -0.2) is 0 Å². The first kappa shape index (κ1) is 13.9. The van der Waals surface area contributed by atoms with Crippen LogP contribution in [0.1, 0.15) is 19.8 Å². The molecule has 0 aliphatic rings. The van der Waals surface area contributed by atoms with Crippen molar-refractivity contribution in [3.05, 3.63) is 0 Å². The maximum Gasteiger partial charge on any atom is 0.308 e. The Morgan fingerprint density at radius 2 is 2.07 bits per heavy atom. The van der Waals surface area contributed by atoms with E-state index in [-0.39, 0.29) is 12.8 Å². The van der Waals surface area contributed by atoms with Gasteiger partial charge >= 0.3 is 12.9 Å². The molecule has 1 amide bonds. The summed E-state index contributed by atoms with van der Waals surface area (Å²) in [5.74, 6) is -1.82. The molecule has 0 heterocycles. The summed E-state index contributed by atoms with van der Waals surface area (Å²) in [4.78, 5) is 21.6. The summed E-state index contributed by atoms with van der Waals surface area (Å²) in [6.07, 6.45) is -0.0503. The number of hydrogen-bond acceptors (Lipinski definition) is 4. The topological polar surface area (TPSA) is 113 Å². The van der Waals surface area contributed by atoms with Crippen molar-refractivity contribution in [2.75, 3.05) is 0 Å². The molecule has 0 aliphatic heterocycles. The molecule has 0 rings (SSSR count). The first-order valence-electron chi connectivity index (χ1n) is 4.80. The third-order valence-corrected chi connectivity index (χ3v) is 2.10. The van der Waals surface area contributed by atoms with Crippen molar-refractivity contribution in [2.45, 2.75) is 38.6 Å². The molecule has 0 aromatic carbocycles. The normalized spacial score (nSPS) is 14.1. The Kier molecular flexibility index (Phi) is 5.96. The predicted molar refractivity (Wildman–Crippen MR) is 56.3 cm³/mol. The van der Waals surface area contributed by atoms with Gasteiger partial charge in [0.25, 0.3) is 0 Å². The van der Waals surface area contributed by atoms with Gasteiger partial charge in [-0.1, -0.05) is 6.82 Å². The van der Waals surface area contributed by atoms with Crippen LogP contribution in [0.3, 0.4) is 0 Å². The summed E-state index contributed by atoms with van der Waals surface area (Å²) >= 11 is 0. The number of nitrogens with two attached hydrogens (primary N) is 1. The van der Waals surface area contributed by atoms with E-state index in [9.17, 15) is 9.59 Å². The van der Waals surface area contributed by atoms with Gasteiger partial charge in [0.1, 0.15) is 0 Å². The fourth-order valence-corrected chi connectivity index (χ4v) is 0.862. The average Bonchev–Trinajstić information content (AvgIpc) is 2.13. The number of amides is 1. The maximum absolute atomic E-state index is 11.3. The van der Waals surface area contributed by atoms with Crippen LogP contribution in [0.15, 0.2) is 0 Å². The number of carbonyl (C=O) groups excluding carboxylic acids is 1. The third kappa shape index (κ3) is 6.08. The van der Waals surface area contributed by atoms with Gasteiger partial charge < -0.3 is 21.2 Å². The number of carbonyl (C=O) groups is 2. The van der Waals surface area contributed by atoms with Crippen LogP contribution in [0.5, 0.6) is 0 Å². The molecule has 0 unspecified atom stereocenters. The molecule has 7 heteroatoms. The molecule has 0 saturated carbocycles. The molecule has 0 fully saturated rings. The average molecular weight is 216 g/mol. The van der Waals surface area contributed by atoms with Gasteiger partial charge in [0.15, 0.2) is 0 Å². The standard InChI is InChI=1S/C8H17BN2O4/c1-5(9(2)15)11-8(14)6(10)3-4-7(12)13/h5-6,15H,3-4,10H2,1-2H3,(H,11,14)(H,12,13)/t5-,6-/m0/s1. The molecule has 0 aromatic heterocycles. The molecule has 0 radical (unpaired) electrons. The van der Waals surface area contributed by atoms with Gasteiger partial charge in [0.2, 0.25) is 5.91 Å². The van der Waals surface area contributed by atoms with E-state index in [1.807, 2.05) is 0 Å². The third-order valence-electron chi connectivity index (χ3n) is 2.10. The monoisotopic (exact) mass is 216 g/mol. The van der Waals surface area contributed by atoms with Crippen LogP contribution in [0.25, 0.3) is 0 Å². The van der Waals surface area contributed by atoms with Crippen molar-refractivity contribution in [2.24, 2.45) is 5.73 Å². The van der Waals surface area contributed by atoms with Gasteiger partial charge in [-0.2, -0.15) is 0 Å². The van der Waals surface area contributed by atoms with E-state index in [0.717, 1.165) is 0 Å². The van der Waals surface area contributed by atoms with Crippen LogP contribution in [-0.4, -0.2) is 40.9 Å². The smallest absolute Gasteiger partial charge is 0.308 e. The number of carboxylic acid groups (broad SMARTS) is 1. The molecular formula is C8H17BN2O4. The molecule has 86 valence electrons. The summed E-state index contributed by atoms with van der Waals surface area (Å²) < 4.78 is 0.